The summed E-state index contributed by atoms with van der Waals surface area (Å²) in [5, 5.41) is 8.14. The second-order valence-corrected chi connectivity index (χ2v) is 6.72. The molecular weight excluding hydrogens is 302 g/mol. The molecule has 2 aromatic rings. The maximum Gasteiger partial charge on any atom is 0.335 e. The number of fused-ring (bicyclic) bond motifs is 1. The van der Waals surface area contributed by atoms with Gasteiger partial charge in [0.05, 0.1) is 30.9 Å². The van der Waals surface area contributed by atoms with Crippen molar-refractivity contribution in [2.75, 3.05) is 26.1 Å². The van der Waals surface area contributed by atoms with E-state index in [0.29, 0.717) is 6.61 Å². The zero-order valence-corrected chi connectivity index (χ0v) is 13.7. The van der Waals surface area contributed by atoms with E-state index in [1.807, 2.05) is 18.2 Å². The van der Waals surface area contributed by atoms with E-state index in [1.165, 1.54) is 16.3 Å². The Kier molecular flexibility index (Phi) is 3.78. The van der Waals surface area contributed by atoms with Gasteiger partial charge in [0.2, 0.25) is 0 Å². The number of ether oxygens (including phenoxy) is 2. The van der Waals surface area contributed by atoms with Gasteiger partial charge in [-0.25, -0.2) is 9.36 Å². The number of aromatic nitrogens is 2. The Labute approximate surface area is 132 Å². The van der Waals surface area contributed by atoms with Gasteiger partial charge in [0.1, 0.15) is 5.75 Å². The third kappa shape index (κ3) is 2.44. The van der Waals surface area contributed by atoms with Crippen molar-refractivity contribution < 1.29 is 9.47 Å². The summed E-state index contributed by atoms with van der Waals surface area (Å²) in [6.07, 6.45) is 1.78. The summed E-state index contributed by atoms with van der Waals surface area (Å²) < 4.78 is 14.0. The van der Waals surface area contributed by atoms with Crippen molar-refractivity contribution in [2.24, 2.45) is 12.5 Å². The lowest BCUT2D eigenvalue weighted by Crippen LogP contribution is -2.44. The van der Waals surface area contributed by atoms with E-state index in [4.69, 9.17) is 14.9 Å². The van der Waals surface area contributed by atoms with E-state index in [2.05, 4.69) is 6.92 Å². The molecule has 7 heteroatoms. The van der Waals surface area contributed by atoms with Crippen molar-refractivity contribution in [1.29, 1.82) is 5.41 Å². The molecule has 1 fully saturated rings. The van der Waals surface area contributed by atoms with Gasteiger partial charge < -0.3 is 9.47 Å². The van der Waals surface area contributed by atoms with Crippen LogP contribution in [0.4, 0.5) is 0 Å². The molecule has 1 aromatic carbocycles. The third-order valence-electron chi connectivity index (χ3n) is 3.91. The summed E-state index contributed by atoms with van der Waals surface area (Å²) in [7, 11) is 1.71. The van der Waals surface area contributed by atoms with Gasteiger partial charge in [-0.05, 0) is 18.4 Å². The summed E-state index contributed by atoms with van der Waals surface area (Å²) in [4.78, 5) is 12.3. The van der Waals surface area contributed by atoms with Gasteiger partial charge in [0.25, 0.3) is 0 Å². The molecule has 22 heavy (non-hydrogen) atoms. The normalized spacial score (nSPS) is 16.5. The third-order valence-corrected chi connectivity index (χ3v) is 4.48. The van der Waals surface area contributed by atoms with E-state index in [0.717, 1.165) is 30.0 Å². The highest BCUT2D eigenvalue weighted by atomic mass is 32.2. The summed E-state index contributed by atoms with van der Waals surface area (Å²) in [6.45, 7) is 4.15. The van der Waals surface area contributed by atoms with Gasteiger partial charge in [0.15, 0.2) is 5.17 Å². The SMILES string of the molecule is CSC(=N)n1c(=O)n(C)c2cc(OCC3(C)COC3)ccc21. The van der Waals surface area contributed by atoms with Crippen molar-refractivity contribution in [3.8, 4) is 5.75 Å². The first kappa shape index (κ1) is 15.2. The van der Waals surface area contributed by atoms with Crippen LogP contribution in [0, 0.1) is 10.8 Å². The highest BCUT2D eigenvalue weighted by Gasteiger charge is 2.34. The lowest BCUT2D eigenvalue weighted by atomic mass is 9.90. The Morgan fingerprint density at radius 3 is 2.77 bits per heavy atom. The van der Waals surface area contributed by atoms with Crippen LogP contribution in [0.25, 0.3) is 11.0 Å². The second kappa shape index (κ2) is 5.48. The van der Waals surface area contributed by atoms with Crippen LogP contribution in [-0.4, -0.2) is 40.4 Å². The van der Waals surface area contributed by atoms with Crippen LogP contribution in [0.3, 0.4) is 0 Å². The van der Waals surface area contributed by atoms with Crippen molar-refractivity contribution in [1.82, 2.24) is 9.13 Å². The number of thioether (sulfide) groups is 1. The largest absolute Gasteiger partial charge is 0.493 e. The highest BCUT2D eigenvalue weighted by Crippen LogP contribution is 2.28. The molecule has 1 aliphatic rings. The first-order chi connectivity index (χ1) is 10.4. The fraction of sp³-hybridized carbons (Fsp3) is 0.467. The summed E-state index contributed by atoms with van der Waals surface area (Å²) in [6, 6.07) is 5.52. The summed E-state index contributed by atoms with van der Waals surface area (Å²) in [5.74, 6) is 0.726. The molecule has 0 unspecified atom stereocenters. The van der Waals surface area contributed by atoms with Crippen LogP contribution in [0.15, 0.2) is 23.0 Å². The van der Waals surface area contributed by atoms with Crippen molar-refractivity contribution in [3.05, 3.63) is 28.7 Å². The zero-order valence-electron chi connectivity index (χ0n) is 12.9. The van der Waals surface area contributed by atoms with E-state index in [-0.39, 0.29) is 16.3 Å². The monoisotopic (exact) mass is 321 g/mol. The minimum atomic E-state index is -0.217. The minimum Gasteiger partial charge on any atom is -0.493 e. The number of nitrogens with one attached hydrogen (secondary N) is 1. The minimum absolute atomic E-state index is 0.0771. The average Bonchev–Trinajstić information content (AvgIpc) is 2.74. The first-order valence-corrected chi connectivity index (χ1v) is 8.23. The van der Waals surface area contributed by atoms with Crippen LogP contribution in [0.5, 0.6) is 5.75 Å². The molecule has 6 nitrogen and oxygen atoms in total. The zero-order chi connectivity index (χ0) is 15.9. The van der Waals surface area contributed by atoms with Gasteiger partial charge in [0, 0.05) is 18.5 Å². The Bertz CT molecular complexity index is 789. The number of hydrogen-bond donors (Lipinski definition) is 1. The quantitative estimate of drug-likeness (QED) is 0.692. The van der Waals surface area contributed by atoms with Gasteiger partial charge in [-0.2, -0.15) is 0 Å². The molecule has 118 valence electrons. The molecule has 0 radical (unpaired) electrons. The van der Waals surface area contributed by atoms with Crippen molar-refractivity contribution in [2.45, 2.75) is 6.92 Å². The first-order valence-electron chi connectivity index (χ1n) is 7.00. The molecule has 0 saturated carbocycles. The molecule has 0 bridgehead atoms. The number of benzene rings is 1. The van der Waals surface area contributed by atoms with Crippen molar-refractivity contribution >= 4 is 28.0 Å². The van der Waals surface area contributed by atoms with Crippen LogP contribution in [0.2, 0.25) is 0 Å². The molecule has 0 aliphatic carbocycles. The number of imidazole rings is 1. The maximum atomic E-state index is 12.3. The number of nitrogens with zero attached hydrogens (tertiary/aromatic N) is 2. The Balaban J connectivity index is 1.95. The molecular formula is C15H19N3O3S. The number of aryl methyl sites for hydroxylation is 1. The van der Waals surface area contributed by atoms with E-state index >= 15 is 0 Å². The van der Waals surface area contributed by atoms with Gasteiger partial charge in [-0.3, -0.25) is 9.98 Å². The predicted molar refractivity (Wildman–Crippen MR) is 88.2 cm³/mol. The fourth-order valence-corrected chi connectivity index (χ4v) is 2.84. The Morgan fingerprint density at radius 1 is 1.45 bits per heavy atom. The molecule has 0 atom stereocenters. The fourth-order valence-electron chi connectivity index (χ4n) is 2.49. The highest BCUT2D eigenvalue weighted by molar-refractivity contribution is 8.13. The molecule has 1 aromatic heterocycles. The van der Waals surface area contributed by atoms with E-state index in [1.54, 1.807) is 17.9 Å². The van der Waals surface area contributed by atoms with E-state index < -0.39 is 0 Å². The van der Waals surface area contributed by atoms with Gasteiger partial charge >= 0.3 is 5.69 Å². The average molecular weight is 321 g/mol. The van der Waals surface area contributed by atoms with Crippen molar-refractivity contribution in [3.63, 3.8) is 0 Å². The molecule has 1 saturated heterocycles. The second-order valence-electron chi connectivity index (χ2n) is 5.93. The summed E-state index contributed by atoms with van der Waals surface area (Å²) in [5.41, 5.74) is 1.34. The predicted octanol–water partition coefficient (Wildman–Crippen LogP) is 1.90. The van der Waals surface area contributed by atoms with Gasteiger partial charge in [-0.1, -0.05) is 18.7 Å². The van der Waals surface area contributed by atoms with Crippen LogP contribution >= 0.6 is 11.8 Å². The van der Waals surface area contributed by atoms with Gasteiger partial charge in [-0.15, -0.1) is 0 Å². The topological polar surface area (TPSA) is 69.2 Å². The molecule has 0 spiro atoms. The van der Waals surface area contributed by atoms with Crippen LogP contribution in [-0.2, 0) is 11.8 Å². The summed E-state index contributed by atoms with van der Waals surface area (Å²) >= 11 is 1.24. The van der Waals surface area contributed by atoms with Crippen LogP contribution in [0.1, 0.15) is 6.92 Å². The number of rotatable bonds is 3. The number of hydrogen-bond acceptors (Lipinski definition) is 5. The van der Waals surface area contributed by atoms with Crippen LogP contribution < -0.4 is 10.4 Å². The molecule has 1 N–H and O–H groups in total. The smallest absolute Gasteiger partial charge is 0.335 e. The van der Waals surface area contributed by atoms with E-state index in [9.17, 15) is 4.79 Å². The lowest BCUT2D eigenvalue weighted by Gasteiger charge is -2.37. The standard InChI is InChI=1S/C15H19N3O3S/c1-15(7-20-8-15)9-21-10-4-5-11-12(6-10)17(2)14(19)18(11)13(16)22-3/h4-6,16H,7-9H2,1-3H3. The Morgan fingerprint density at radius 2 is 2.18 bits per heavy atom. The molecule has 2 heterocycles. The Hall–Kier alpha value is -1.73. The molecule has 3 rings (SSSR count). The lowest BCUT2D eigenvalue weighted by molar-refractivity contribution is -0.120. The molecule has 1 aliphatic heterocycles. The maximum absolute atomic E-state index is 12.3. The molecule has 0 amide bonds.